The highest BCUT2D eigenvalue weighted by Gasteiger charge is 2.14. The van der Waals surface area contributed by atoms with Crippen molar-refractivity contribution < 1.29 is 9.47 Å². The Balaban J connectivity index is 1.65. The number of hydrogen-bond donors (Lipinski definition) is 1. The molecule has 84 valence electrons. The number of nitrogens with zero attached hydrogens (tertiary/aromatic N) is 2. The summed E-state index contributed by atoms with van der Waals surface area (Å²) in [7, 11) is 0. The molecule has 1 saturated heterocycles. The maximum Gasteiger partial charge on any atom is 0.203 e. The minimum Gasteiger partial charge on any atom is -0.374 e. The van der Waals surface area contributed by atoms with Crippen LogP contribution in [-0.4, -0.2) is 35.5 Å². The zero-order chi connectivity index (χ0) is 10.5. The van der Waals surface area contributed by atoms with Gasteiger partial charge >= 0.3 is 0 Å². The zero-order valence-corrected chi connectivity index (χ0v) is 9.85. The molecule has 7 heteroatoms. The third-order valence-corrected chi connectivity index (χ3v) is 3.82. The van der Waals surface area contributed by atoms with Crippen LogP contribution in [0, 0.1) is 0 Å². The van der Waals surface area contributed by atoms with Crippen LogP contribution < -0.4 is 5.73 Å². The van der Waals surface area contributed by atoms with Gasteiger partial charge in [-0.15, -0.1) is 10.2 Å². The third-order valence-electron chi connectivity index (χ3n) is 1.90. The quantitative estimate of drug-likeness (QED) is 0.810. The van der Waals surface area contributed by atoms with Gasteiger partial charge in [-0.1, -0.05) is 23.1 Å². The number of nitrogen functional groups attached to an aromatic ring is 1. The van der Waals surface area contributed by atoms with E-state index in [0.29, 0.717) is 5.13 Å². The number of ether oxygens (including phenoxy) is 2. The number of nitrogens with two attached hydrogens (primary N) is 1. The summed E-state index contributed by atoms with van der Waals surface area (Å²) in [6, 6.07) is 0. The molecule has 0 radical (unpaired) electrons. The van der Waals surface area contributed by atoms with Crippen LogP contribution in [0.3, 0.4) is 0 Å². The first-order valence-electron chi connectivity index (χ1n) is 4.79. The summed E-state index contributed by atoms with van der Waals surface area (Å²) in [6.07, 6.45) is 1.83. The Hall–Kier alpha value is -0.370. The van der Waals surface area contributed by atoms with Crippen LogP contribution in [0.4, 0.5) is 5.13 Å². The van der Waals surface area contributed by atoms with Crippen molar-refractivity contribution in [2.75, 3.05) is 24.7 Å². The van der Waals surface area contributed by atoms with E-state index in [1.807, 2.05) is 0 Å². The van der Waals surface area contributed by atoms with Crippen molar-refractivity contribution >= 4 is 28.2 Å². The minimum atomic E-state index is -0.0449. The lowest BCUT2D eigenvalue weighted by Gasteiger charge is -2.22. The molecule has 0 atom stereocenters. The van der Waals surface area contributed by atoms with Gasteiger partial charge in [-0.2, -0.15) is 0 Å². The molecule has 0 saturated carbocycles. The van der Waals surface area contributed by atoms with Crippen LogP contribution in [0.25, 0.3) is 0 Å². The topological polar surface area (TPSA) is 70.3 Å². The summed E-state index contributed by atoms with van der Waals surface area (Å²) in [5.74, 6) is 0.916. The molecule has 0 spiro atoms. The van der Waals surface area contributed by atoms with Gasteiger partial charge < -0.3 is 15.2 Å². The second kappa shape index (κ2) is 5.64. The van der Waals surface area contributed by atoms with E-state index in [1.165, 1.54) is 11.3 Å². The largest absolute Gasteiger partial charge is 0.374 e. The summed E-state index contributed by atoms with van der Waals surface area (Å²) < 4.78 is 11.8. The van der Waals surface area contributed by atoms with Gasteiger partial charge in [0.1, 0.15) is 0 Å². The Morgan fingerprint density at radius 1 is 1.40 bits per heavy atom. The van der Waals surface area contributed by atoms with Gasteiger partial charge in [0.05, 0.1) is 13.2 Å². The third kappa shape index (κ3) is 3.60. The van der Waals surface area contributed by atoms with Crippen LogP contribution in [0.1, 0.15) is 12.8 Å². The SMILES string of the molecule is Nc1nnc(SCCC2OCCCO2)s1. The predicted octanol–water partition coefficient (Wildman–Crippen LogP) is 1.37. The van der Waals surface area contributed by atoms with E-state index in [9.17, 15) is 0 Å². The Bertz CT molecular complexity index is 302. The highest BCUT2D eigenvalue weighted by Crippen LogP contribution is 2.25. The molecular formula is C8H13N3O2S2. The van der Waals surface area contributed by atoms with Crippen molar-refractivity contribution in [3.63, 3.8) is 0 Å². The van der Waals surface area contributed by atoms with E-state index in [2.05, 4.69) is 10.2 Å². The second-order valence-electron chi connectivity index (χ2n) is 3.07. The van der Waals surface area contributed by atoms with Crippen LogP contribution in [-0.2, 0) is 9.47 Å². The molecule has 2 N–H and O–H groups in total. The lowest BCUT2D eigenvalue weighted by molar-refractivity contribution is -0.178. The van der Waals surface area contributed by atoms with Gasteiger partial charge in [-0.3, -0.25) is 0 Å². The number of aromatic nitrogens is 2. The van der Waals surface area contributed by atoms with Crippen molar-refractivity contribution in [3.8, 4) is 0 Å². The molecule has 0 unspecified atom stereocenters. The molecule has 1 aromatic heterocycles. The predicted molar refractivity (Wildman–Crippen MR) is 60.0 cm³/mol. The molecule has 5 nitrogen and oxygen atoms in total. The molecule has 0 amide bonds. The lowest BCUT2D eigenvalue weighted by atomic mass is 10.4. The van der Waals surface area contributed by atoms with Crippen LogP contribution in [0.15, 0.2) is 4.34 Å². The van der Waals surface area contributed by atoms with Gasteiger partial charge in [0.25, 0.3) is 0 Å². The summed E-state index contributed by atoms with van der Waals surface area (Å²) in [5, 5.41) is 8.18. The smallest absolute Gasteiger partial charge is 0.203 e. The number of rotatable bonds is 4. The van der Waals surface area contributed by atoms with E-state index in [1.54, 1.807) is 11.8 Å². The molecule has 15 heavy (non-hydrogen) atoms. The second-order valence-corrected chi connectivity index (χ2v) is 5.42. The van der Waals surface area contributed by atoms with Gasteiger partial charge in [0.2, 0.25) is 5.13 Å². The number of hydrogen-bond acceptors (Lipinski definition) is 7. The van der Waals surface area contributed by atoms with Crippen LogP contribution in [0.2, 0.25) is 0 Å². The monoisotopic (exact) mass is 247 g/mol. The standard InChI is InChI=1S/C8H13N3O2S2/c9-7-10-11-8(15-7)14-5-2-6-12-3-1-4-13-6/h6H,1-5H2,(H2,9,10). The molecule has 1 fully saturated rings. The molecule has 1 aromatic rings. The number of anilines is 1. The zero-order valence-electron chi connectivity index (χ0n) is 8.22. The molecule has 0 bridgehead atoms. The van der Waals surface area contributed by atoms with E-state index in [4.69, 9.17) is 15.2 Å². The van der Waals surface area contributed by atoms with Crippen LogP contribution in [0.5, 0.6) is 0 Å². The molecule has 0 aliphatic carbocycles. The fourth-order valence-electron chi connectivity index (χ4n) is 1.22. The summed E-state index contributed by atoms with van der Waals surface area (Å²) >= 11 is 3.05. The first-order chi connectivity index (χ1) is 7.34. The molecule has 2 heterocycles. The van der Waals surface area contributed by atoms with Crippen LogP contribution >= 0.6 is 23.1 Å². The molecule has 1 aliphatic rings. The van der Waals surface area contributed by atoms with E-state index in [-0.39, 0.29) is 6.29 Å². The van der Waals surface area contributed by atoms with Crippen molar-refractivity contribution in [3.05, 3.63) is 0 Å². The lowest BCUT2D eigenvalue weighted by Crippen LogP contribution is -2.25. The fourth-order valence-corrected chi connectivity index (χ4v) is 2.89. The first kappa shape index (κ1) is 11.1. The average Bonchev–Trinajstić information content (AvgIpc) is 2.66. The summed E-state index contributed by atoms with van der Waals surface area (Å²) in [4.78, 5) is 0. The number of thioether (sulfide) groups is 1. The van der Waals surface area contributed by atoms with Gasteiger partial charge in [0, 0.05) is 12.2 Å². The Labute approximate surface area is 96.4 Å². The summed E-state index contributed by atoms with van der Waals surface area (Å²) in [6.45, 7) is 1.61. The average molecular weight is 247 g/mol. The fraction of sp³-hybridized carbons (Fsp3) is 0.750. The van der Waals surface area contributed by atoms with Crippen molar-refractivity contribution in [2.45, 2.75) is 23.5 Å². The van der Waals surface area contributed by atoms with Crippen molar-refractivity contribution in [2.24, 2.45) is 0 Å². The Morgan fingerprint density at radius 2 is 2.20 bits per heavy atom. The van der Waals surface area contributed by atoms with E-state index < -0.39 is 0 Å². The van der Waals surface area contributed by atoms with Crippen molar-refractivity contribution in [1.29, 1.82) is 0 Å². The highest BCUT2D eigenvalue weighted by atomic mass is 32.2. The molecular weight excluding hydrogens is 234 g/mol. The normalized spacial score (nSPS) is 18.1. The Morgan fingerprint density at radius 3 is 2.87 bits per heavy atom. The van der Waals surface area contributed by atoms with E-state index >= 15 is 0 Å². The maximum atomic E-state index is 5.48. The van der Waals surface area contributed by atoms with Crippen molar-refractivity contribution in [1.82, 2.24) is 10.2 Å². The maximum absolute atomic E-state index is 5.48. The van der Waals surface area contributed by atoms with Gasteiger partial charge in [-0.05, 0) is 6.42 Å². The highest BCUT2D eigenvalue weighted by molar-refractivity contribution is 8.01. The van der Waals surface area contributed by atoms with E-state index in [0.717, 1.165) is 36.1 Å². The van der Waals surface area contributed by atoms with Gasteiger partial charge in [0.15, 0.2) is 10.6 Å². The van der Waals surface area contributed by atoms with Gasteiger partial charge in [-0.25, -0.2) is 0 Å². The Kier molecular flexibility index (Phi) is 4.18. The molecule has 0 aromatic carbocycles. The molecule has 2 rings (SSSR count). The molecule has 1 aliphatic heterocycles. The first-order valence-corrected chi connectivity index (χ1v) is 6.60. The summed E-state index contributed by atoms with van der Waals surface area (Å²) in [5.41, 5.74) is 5.48. The minimum absolute atomic E-state index is 0.0449.